The van der Waals surface area contributed by atoms with E-state index in [1.54, 1.807) is 4.90 Å². The van der Waals surface area contributed by atoms with Crippen LogP contribution in [0.15, 0.2) is 0 Å². The predicted octanol–water partition coefficient (Wildman–Crippen LogP) is 0.794. The minimum atomic E-state index is -0.992. The Hall–Kier alpha value is -1.10. The predicted molar refractivity (Wildman–Crippen MR) is 64.8 cm³/mol. The van der Waals surface area contributed by atoms with Crippen molar-refractivity contribution in [2.75, 3.05) is 26.7 Å². The van der Waals surface area contributed by atoms with Crippen LogP contribution in [0.25, 0.3) is 0 Å². The molecule has 0 atom stereocenters. The Balaban J connectivity index is 2.97. The molecule has 5 heteroatoms. The average molecular weight is 242 g/mol. The molecule has 0 aliphatic carbocycles. The number of amides is 1. The van der Waals surface area contributed by atoms with Crippen molar-refractivity contribution >= 4 is 11.9 Å². The van der Waals surface area contributed by atoms with Gasteiger partial charge in [0.1, 0.15) is 5.54 Å². The van der Waals surface area contributed by atoms with E-state index >= 15 is 0 Å². The van der Waals surface area contributed by atoms with Gasteiger partial charge in [0.25, 0.3) is 0 Å². The minimum absolute atomic E-state index is 0.140. The standard InChI is InChI=1S/C12H22N2O3/c1-4-7-14(10(2)15)12(11(16)17)5-8-13(3)9-6-12/h4-9H2,1-3H3,(H,16,17). The van der Waals surface area contributed by atoms with Crippen LogP contribution >= 0.6 is 0 Å². The second kappa shape index (κ2) is 5.49. The number of hydrogen-bond donors (Lipinski definition) is 1. The van der Waals surface area contributed by atoms with Gasteiger partial charge >= 0.3 is 5.97 Å². The number of nitrogens with zero attached hydrogens (tertiary/aromatic N) is 2. The highest BCUT2D eigenvalue weighted by molar-refractivity contribution is 5.86. The second-order valence-electron chi connectivity index (χ2n) is 4.81. The van der Waals surface area contributed by atoms with Gasteiger partial charge in [0.05, 0.1) is 0 Å². The first-order valence-corrected chi connectivity index (χ1v) is 6.14. The number of likely N-dealkylation sites (tertiary alicyclic amines) is 1. The van der Waals surface area contributed by atoms with Gasteiger partial charge in [-0.3, -0.25) is 4.79 Å². The molecule has 5 nitrogen and oxygen atoms in total. The quantitative estimate of drug-likeness (QED) is 0.792. The molecule has 0 spiro atoms. The highest BCUT2D eigenvalue weighted by Crippen LogP contribution is 2.29. The highest BCUT2D eigenvalue weighted by Gasteiger charge is 2.46. The third-order valence-electron chi connectivity index (χ3n) is 3.56. The van der Waals surface area contributed by atoms with Crippen molar-refractivity contribution < 1.29 is 14.7 Å². The van der Waals surface area contributed by atoms with Gasteiger partial charge in [0.15, 0.2) is 0 Å². The summed E-state index contributed by atoms with van der Waals surface area (Å²) in [5, 5.41) is 9.51. The molecule has 98 valence electrons. The number of piperidine rings is 1. The van der Waals surface area contributed by atoms with Gasteiger partial charge < -0.3 is 14.9 Å². The average Bonchev–Trinajstić information content (AvgIpc) is 2.27. The summed E-state index contributed by atoms with van der Waals surface area (Å²) in [6.45, 7) is 5.38. The lowest BCUT2D eigenvalue weighted by atomic mass is 9.85. The van der Waals surface area contributed by atoms with Gasteiger partial charge in [0, 0.05) is 26.6 Å². The molecule has 1 aliphatic heterocycles. The molecule has 0 bridgehead atoms. The topological polar surface area (TPSA) is 60.9 Å². The van der Waals surface area contributed by atoms with Crippen molar-refractivity contribution in [1.82, 2.24) is 9.80 Å². The molecule has 0 aromatic carbocycles. The molecular formula is C12H22N2O3. The lowest BCUT2D eigenvalue weighted by Gasteiger charge is -2.44. The first kappa shape index (κ1) is 14.0. The van der Waals surface area contributed by atoms with Crippen LogP contribution in [0, 0.1) is 0 Å². The van der Waals surface area contributed by atoms with E-state index in [0.717, 1.165) is 19.5 Å². The fraction of sp³-hybridized carbons (Fsp3) is 0.833. The van der Waals surface area contributed by atoms with Gasteiger partial charge in [-0.2, -0.15) is 0 Å². The number of carbonyl (C=O) groups excluding carboxylic acids is 1. The maximum atomic E-state index is 11.7. The Bertz CT molecular complexity index is 296. The Morgan fingerprint density at radius 3 is 2.24 bits per heavy atom. The summed E-state index contributed by atoms with van der Waals surface area (Å²) in [5.41, 5.74) is -0.992. The van der Waals surface area contributed by atoms with E-state index in [9.17, 15) is 14.7 Å². The normalized spacial score (nSPS) is 19.9. The molecule has 1 heterocycles. The van der Waals surface area contributed by atoms with E-state index in [0.29, 0.717) is 19.4 Å². The van der Waals surface area contributed by atoms with Crippen molar-refractivity contribution in [2.24, 2.45) is 0 Å². The summed E-state index contributed by atoms with van der Waals surface area (Å²) in [4.78, 5) is 26.9. The van der Waals surface area contributed by atoms with Crippen LogP contribution in [0.1, 0.15) is 33.1 Å². The molecule has 0 saturated carbocycles. The first-order valence-electron chi connectivity index (χ1n) is 6.14. The SMILES string of the molecule is CCCN(C(C)=O)C1(C(=O)O)CCN(C)CC1. The number of rotatable bonds is 4. The van der Waals surface area contributed by atoms with Crippen molar-refractivity contribution in [3.8, 4) is 0 Å². The van der Waals surface area contributed by atoms with Gasteiger partial charge in [-0.1, -0.05) is 6.92 Å². The molecule has 1 N–H and O–H groups in total. The Morgan fingerprint density at radius 2 is 1.88 bits per heavy atom. The summed E-state index contributed by atoms with van der Waals surface area (Å²) >= 11 is 0. The molecule has 0 radical (unpaired) electrons. The van der Waals surface area contributed by atoms with E-state index in [1.165, 1.54) is 6.92 Å². The van der Waals surface area contributed by atoms with Crippen LogP contribution in [0.5, 0.6) is 0 Å². The number of carbonyl (C=O) groups is 2. The smallest absolute Gasteiger partial charge is 0.329 e. The monoisotopic (exact) mass is 242 g/mol. The molecular weight excluding hydrogens is 220 g/mol. The molecule has 1 saturated heterocycles. The van der Waals surface area contributed by atoms with E-state index in [-0.39, 0.29) is 5.91 Å². The molecule has 0 aromatic heterocycles. The minimum Gasteiger partial charge on any atom is -0.479 e. The highest BCUT2D eigenvalue weighted by atomic mass is 16.4. The van der Waals surface area contributed by atoms with Crippen LogP contribution in [-0.2, 0) is 9.59 Å². The van der Waals surface area contributed by atoms with Crippen LogP contribution in [-0.4, -0.2) is 59.0 Å². The van der Waals surface area contributed by atoms with E-state index in [4.69, 9.17) is 0 Å². The lowest BCUT2D eigenvalue weighted by molar-refractivity contribution is -0.162. The zero-order chi connectivity index (χ0) is 13.1. The van der Waals surface area contributed by atoms with Gasteiger partial charge in [-0.25, -0.2) is 4.79 Å². The first-order chi connectivity index (χ1) is 7.94. The summed E-state index contributed by atoms with van der Waals surface area (Å²) in [7, 11) is 1.98. The fourth-order valence-electron chi connectivity index (χ4n) is 2.48. The Labute approximate surface area is 102 Å². The van der Waals surface area contributed by atoms with Gasteiger partial charge in [0.2, 0.25) is 5.91 Å². The molecule has 1 rings (SSSR count). The summed E-state index contributed by atoms with van der Waals surface area (Å²) in [6, 6.07) is 0. The zero-order valence-corrected chi connectivity index (χ0v) is 10.9. The van der Waals surface area contributed by atoms with Gasteiger partial charge in [-0.05, 0) is 26.3 Å². The Morgan fingerprint density at radius 1 is 1.35 bits per heavy atom. The number of carboxylic acids is 1. The Kier molecular flexibility index (Phi) is 4.51. The number of aliphatic carboxylic acids is 1. The summed E-state index contributed by atoms with van der Waals surface area (Å²) < 4.78 is 0. The van der Waals surface area contributed by atoms with Crippen LogP contribution < -0.4 is 0 Å². The third-order valence-corrected chi connectivity index (χ3v) is 3.56. The maximum absolute atomic E-state index is 11.7. The van der Waals surface area contributed by atoms with Gasteiger partial charge in [-0.15, -0.1) is 0 Å². The van der Waals surface area contributed by atoms with Crippen molar-refractivity contribution in [3.63, 3.8) is 0 Å². The molecule has 0 aromatic rings. The van der Waals surface area contributed by atoms with E-state index < -0.39 is 11.5 Å². The number of carboxylic acid groups (broad SMARTS) is 1. The van der Waals surface area contributed by atoms with Crippen molar-refractivity contribution in [2.45, 2.75) is 38.6 Å². The zero-order valence-electron chi connectivity index (χ0n) is 10.9. The fourth-order valence-corrected chi connectivity index (χ4v) is 2.48. The lowest BCUT2D eigenvalue weighted by Crippen LogP contribution is -2.61. The van der Waals surface area contributed by atoms with Crippen LogP contribution in [0.4, 0.5) is 0 Å². The molecule has 1 aliphatic rings. The third kappa shape index (κ3) is 2.77. The van der Waals surface area contributed by atoms with Crippen molar-refractivity contribution in [1.29, 1.82) is 0 Å². The molecule has 0 unspecified atom stereocenters. The summed E-state index contributed by atoms with van der Waals surface area (Å²) in [5.74, 6) is -1.01. The maximum Gasteiger partial charge on any atom is 0.329 e. The summed E-state index contributed by atoms with van der Waals surface area (Å²) in [6.07, 6.45) is 1.81. The van der Waals surface area contributed by atoms with Crippen LogP contribution in [0.3, 0.4) is 0 Å². The van der Waals surface area contributed by atoms with E-state index in [1.807, 2.05) is 14.0 Å². The second-order valence-corrected chi connectivity index (χ2v) is 4.81. The molecule has 17 heavy (non-hydrogen) atoms. The van der Waals surface area contributed by atoms with Crippen LogP contribution in [0.2, 0.25) is 0 Å². The molecule has 1 fully saturated rings. The van der Waals surface area contributed by atoms with E-state index in [2.05, 4.69) is 4.90 Å². The largest absolute Gasteiger partial charge is 0.479 e. The molecule has 1 amide bonds. The van der Waals surface area contributed by atoms with Crippen molar-refractivity contribution in [3.05, 3.63) is 0 Å². The number of hydrogen-bond acceptors (Lipinski definition) is 3.